The molecule has 144 valence electrons. The highest BCUT2D eigenvalue weighted by molar-refractivity contribution is 5.95. The van der Waals surface area contributed by atoms with Crippen LogP contribution >= 0.6 is 0 Å². The maximum atomic E-state index is 12.5. The first kappa shape index (κ1) is 19.5. The zero-order valence-corrected chi connectivity index (χ0v) is 15.7. The number of hydrogen-bond acceptors (Lipinski definition) is 4. The van der Waals surface area contributed by atoms with E-state index >= 15 is 0 Å². The van der Waals surface area contributed by atoms with Gasteiger partial charge in [-0.1, -0.05) is 42.5 Å². The van der Waals surface area contributed by atoms with Gasteiger partial charge in [0.2, 0.25) is 5.91 Å². The molecule has 1 amide bonds. The minimum absolute atomic E-state index is 0.000138. The summed E-state index contributed by atoms with van der Waals surface area (Å²) in [6.07, 6.45) is 1.03. The van der Waals surface area contributed by atoms with Crippen LogP contribution < -0.4 is 5.32 Å². The highest BCUT2D eigenvalue weighted by Crippen LogP contribution is 2.22. The fraction of sp³-hybridized carbons (Fsp3) is 0.409. The van der Waals surface area contributed by atoms with E-state index in [2.05, 4.69) is 10.2 Å². The van der Waals surface area contributed by atoms with Crippen LogP contribution in [0.1, 0.15) is 36.8 Å². The molecule has 1 saturated heterocycles. The van der Waals surface area contributed by atoms with E-state index in [1.54, 1.807) is 0 Å². The first-order valence-corrected chi connectivity index (χ1v) is 9.54. The number of nitrogens with one attached hydrogen (secondary N) is 1. The number of likely N-dealkylation sites (tertiary alicyclic amines) is 1. The average molecular weight is 368 g/mol. The molecule has 0 aliphatic carbocycles. The van der Waals surface area contributed by atoms with Crippen LogP contribution in [0.2, 0.25) is 0 Å². The van der Waals surface area contributed by atoms with Crippen molar-refractivity contribution >= 4 is 11.6 Å². The van der Waals surface area contributed by atoms with Crippen molar-refractivity contribution in [2.75, 3.05) is 18.5 Å². The minimum atomic E-state index is -0.317. The SMILES string of the molecule is CC(C(=O)Nc1ccc(CN2CCC(O)C[C@@H]2CO)cc1)c1ccccc1. The molecule has 3 rings (SSSR count). The Labute approximate surface area is 160 Å². The van der Waals surface area contributed by atoms with E-state index in [0.29, 0.717) is 6.42 Å². The van der Waals surface area contributed by atoms with E-state index in [-0.39, 0.29) is 30.6 Å². The number of hydrogen-bond donors (Lipinski definition) is 3. The first-order chi connectivity index (χ1) is 13.1. The number of benzene rings is 2. The number of piperidine rings is 1. The molecule has 0 radical (unpaired) electrons. The Kier molecular flexibility index (Phi) is 6.61. The van der Waals surface area contributed by atoms with Gasteiger partial charge in [-0.3, -0.25) is 9.69 Å². The molecule has 0 spiro atoms. The summed E-state index contributed by atoms with van der Waals surface area (Å²) >= 11 is 0. The van der Waals surface area contributed by atoms with Crippen molar-refractivity contribution < 1.29 is 15.0 Å². The second-order valence-corrected chi connectivity index (χ2v) is 7.30. The normalized spacial score (nSPS) is 21.6. The third kappa shape index (κ3) is 5.16. The highest BCUT2D eigenvalue weighted by Gasteiger charge is 2.26. The second-order valence-electron chi connectivity index (χ2n) is 7.30. The predicted molar refractivity (Wildman–Crippen MR) is 106 cm³/mol. The van der Waals surface area contributed by atoms with Gasteiger partial charge in [0.15, 0.2) is 0 Å². The van der Waals surface area contributed by atoms with E-state index < -0.39 is 0 Å². The Hall–Kier alpha value is -2.21. The summed E-state index contributed by atoms with van der Waals surface area (Å²) in [4.78, 5) is 14.7. The third-order valence-corrected chi connectivity index (χ3v) is 5.32. The van der Waals surface area contributed by atoms with Crippen molar-refractivity contribution in [3.8, 4) is 0 Å². The molecule has 0 aromatic heterocycles. The van der Waals surface area contributed by atoms with Crippen molar-refractivity contribution in [2.24, 2.45) is 0 Å². The Morgan fingerprint density at radius 3 is 2.56 bits per heavy atom. The molecule has 1 fully saturated rings. The van der Waals surface area contributed by atoms with Gasteiger partial charge in [-0.05, 0) is 43.0 Å². The van der Waals surface area contributed by atoms with Gasteiger partial charge < -0.3 is 15.5 Å². The van der Waals surface area contributed by atoms with Gasteiger partial charge in [-0.2, -0.15) is 0 Å². The highest BCUT2D eigenvalue weighted by atomic mass is 16.3. The van der Waals surface area contributed by atoms with Crippen LogP contribution in [-0.2, 0) is 11.3 Å². The van der Waals surface area contributed by atoms with Gasteiger partial charge >= 0.3 is 0 Å². The van der Waals surface area contributed by atoms with Crippen LogP contribution in [0.3, 0.4) is 0 Å². The molecule has 27 heavy (non-hydrogen) atoms. The summed E-state index contributed by atoms with van der Waals surface area (Å²) in [7, 11) is 0. The summed E-state index contributed by atoms with van der Waals surface area (Å²) in [5.41, 5.74) is 2.90. The molecule has 2 aromatic carbocycles. The van der Waals surface area contributed by atoms with Crippen molar-refractivity contribution in [1.29, 1.82) is 0 Å². The topological polar surface area (TPSA) is 72.8 Å². The average Bonchev–Trinajstić information content (AvgIpc) is 2.70. The number of anilines is 1. The molecule has 1 aliphatic rings. The first-order valence-electron chi connectivity index (χ1n) is 9.54. The van der Waals surface area contributed by atoms with Crippen LogP contribution in [-0.4, -0.2) is 46.3 Å². The maximum Gasteiger partial charge on any atom is 0.231 e. The quantitative estimate of drug-likeness (QED) is 0.733. The molecule has 5 nitrogen and oxygen atoms in total. The molecule has 3 atom stereocenters. The van der Waals surface area contributed by atoms with Gasteiger partial charge in [-0.15, -0.1) is 0 Å². The van der Waals surface area contributed by atoms with Crippen molar-refractivity contribution in [2.45, 2.75) is 44.4 Å². The Bertz CT molecular complexity index is 733. The summed E-state index contributed by atoms with van der Waals surface area (Å²) < 4.78 is 0. The van der Waals surface area contributed by atoms with Gasteiger partial charge in [0.25, 0.3) is 0 Å². The number of rotatable bonds is 6. The smallest absolute Gasteiger partial charge is 0.231 e. The zero-order valence-electron chi connectivity index (χ0n) is 15.7. The zero-order chi connectivity index (χ0) is 19.2. The van der Waals surface area contributed by atoms with E-state index in [9.17, 15) is 15.0 Å². The summed E-state index contributed by atoms with van der Waals surface area (Å²) in [6.45, 7) is 3.47. The molecule has 1 heterocycles. The number of aliphatic hydroxyl groups excluding tert-OH is 2. The number of carbonyl (C=O) groups excluding carboxylic acids is 1. The van der Waals surface area contributed by atoms with Crippen molar-refractivity contribution in [1.82, 2.24) is 4.90 Å². The molecule has 0 bridgehead atoms. The summed E-state index contributed by atoms with van der Waals surface area (Å²) in [5, 5.41) is 22.3. The Morgan fingerprint density at radius 1 is 1.19 bits per heavy atom. The fourth-order valence-electron chi connectivity index (χ4n) is 3.55. The Morgan fingerprint density at radius 2 is 1.89 bits per heavy atom. The van der Waals surface area contributed by atoms with Crippen LogP contribution in [0.15, 0.2) is 54.6 Å². The monoisotopic (exact) mass is 368 g/mol. The lowest BCUT2D eigenvalue weighted by Crippen LogP contribution is -2.45. The molecule has 0 saturated carbocycles. The second kappa shape index (κ2) is 9.13. The molecule has 2 aromatic rings. The van der Waals surface area contributed by atoms with E-state index in [1.165, 1.54) is 0 Å². The third-order valence-electron chi connectivity index (χ3n) is 5.32. The predicted octanol–water partition coefficient (Wildman–Crippen LogP) is 2.75. The lowest BCUT2D eigenvalue weighted by molar-refractivity contribution is -0.117. The molecular weight excluding hydrogens is 340 g/mol. The summed E-state index contributed by atoms with van der Waals surface area (Å²) in [6, 6.07) is 17.6. The number of nitrogens with zero attached hydrogens (tertiary/aromatic N) is 1. The minimum Gasteiger partial charge on any atom is -0.395 e. The van der Waals surface area contributed by atoms with Gasteiger partial charge in [0, 0.05) is 24.8 Å². The van der Waals surface area contributed by atoms with E-state index in [0.717, 1.165) is 36.3 Å². The van der Waals surface area contributed by atoms with E-state index in [4.69, 9.17) is 0 Å². The van der Waals surface area contributed by atoms with Gasteiger partial charge in [0.1, 0.15) is 0 Å². The van der Waals surface area contributed by atoms with Crippen molar-refractivity contribution in [3.05, 3.63) is 65.7 Å². The lowest BCUT2D eigenvalue weighted by atomic mass is 9.99. The van der Waals surface area contributed by atoms with Gasteiger partial charge in [0.05, 0.1) is 18.6 Å². The molecule has 1 aliphatic heterocycles. The number of amides is 1. The van der Waals surface area contributed by atoms with Crippen LogP contribution in [0.25, 0.3) is 0 Å². The molecule has 5 heteroatoms. The van der Waals surface area contributed by atoms with Crippen LogP contribution in [0.5, 0.6) is 0 Å². The Balaban J connectivity index is 1.58. The van der Waals surface area contributed by atoms with Crippen LogP contribution in [0.4, 0.5) is 5.69 Å². The largest absolute Gasteiger partial charge is 0.395 e. The van der Waals surface area contributed by atoms with Crippen LogP contribution in [0, 0.1) is 0 Å². The lowest BCUT2D eigenvalue weighted by Gasteiger charge is -2.36. The summed E-state index contributed by atoms with van der Waals surface area (Å²) in [5.74, 6) is -0.240. The van der Waals surface area contributed by atoms with Gasteiger partial charge in [-0.25, -0.2) is 0 Å². The maximum absolute atomic E-state index is 12.5. The van der Waals surface area contributed by atoms with E-state index in [1.807, 2.05) is 61.5 Å². The molecule has 2 unspecified atom stereocenters. The number of carbonyl (C=O) groups is 1. The van der Waals surface area contributed by atoms with Crippen molar-refractivity contribution in [3.63, 3.8) is 0 Å². The number of aliphatic hydroxyl groups is 2. The standard InChI is InChI=1S/C22H28N2O3/c1-16(18-5-3-2-4-6-18)22(27)23-19-9-7-17(8-10-19)14-24-12-11-21(26)13-20(24)15-25/h2-10,16,20-21,25-26H,11-15H2,1H3,(H,23,27)/t16?,20-,21?/m1/s1. The molecule has 3 N–H and O–H groups in total. The fourth-order valence-corrected chi connectivity index (χ4v) is 3.55. The molecular formula is C22H28N2O3.